The number of halogens is 3. The van der Waals surface area contributed by atoms with E-state index in [2.05, 4.69) is 19.2 Å². The van der Waals surface area contributed by atoms with E-state index < -0.39 is 0 Å². The van der Waals surface area contributed by atoms with Gasteiger partial charge in [0.2, 0.25) is 0 Å². The van der Waals surface area contributed by atoms with Gasteiger partial charge in [0.15, 0.2) is 0 Å². The molecule has 0 aliphatic rings. The summed E-state index contributed by atoms with van der Waals surface area (Å²) in [6, 6.07) is 5.52. The zero-order valence-corrected chi connectivity index (χ0v) is 14.0. The number of rotatable bonds is 6. The lowest BCUT2D eigenvalue weighted by Gasteiger charge is -2.07. The molecule has 0 amide bonds. The van der Waals surface area contributed by atoms with Crippen molar-refractivity contribution < 1.29 is 9.15 Å². The average Bonchev–Trinajstić information content (AvgIpc) is 2.87. The van der Waals surface area contributed by atoms with E-state index in [9.17, 15) is 0 Å². The molecule has 1 aromatic heterocycles. The summed E-state index contributed by atoms with van der Waals surface area (Å²) in [5.74, 6) is 1.20. The van der Waals surface area contributed by atoms with Gasteiger partial charge in [0.25, 0.3) is 0 Å². The number of hydrogen-bond donors (Lipinski definition) is 1. The van der Waals surface area contributed by atoms with Crippen molar-refractivity contribution in [2.45, 2.75) is 33.0 Å². The van der Waals surface area contributed by atoms with Crippen LogP contribution in [0.2, 0.25) is 15.1 Å². The molecule has 0 fully saturated rings. The van der Waals surface area contributed by atoms with E-state index in [1.807, 2.05) is 6.07 Å². The lowest BCUT2D eigenvalue weighted by molar-refractivity contribution is 0.270. The van der Waals surface area contributed by atoms with Crippen molar-refractivity contribution in [3.63, 3.8) is 0 Å². The van der Waals surface area contributed by atoms with E-state index in [1.165, 1.54) is 0 Å². The molecule has 3 nitrogen and oxygen atoms in total. The maximum absolute atomic E-state index is 6.05. The maximum Gasteiger partial charge on any atom is 0.146 e. The van der Waals surface area contributed by atoms with Crippen molar-refractivity contribution in [3.8, 4) is 5.75 Å². The molecule has 6 heteroatoms. The number of furan rings is 1. The molecule has 0 aliphatic heterocycles. The van der Waals surface area contributed by atoms with Crippen LogP contribution in [0.15, 0.2) is 28.9 Å². The molecule has 1 aromatic carbocycles. The lowest BCUT2D eigenvalue weighted by Crippen LogP contribution is -2.21. The van der Waals surface area contributed by atoms with Crippen LogP contribution in [0.1, 0.15) is 25.2 Å². The minimum Gasteiger partial charge on any atom is -0.484 e. The van der Waals surface area contributed by atoms with Crippen LogP contribution in [0.5, 0.6) is 5.75 Å². The van der Waals surface area contributed by atoms with Crippen molar-refractivity contribution in [3.05, 3.63) is 50.9 Å². The first kappa shape index (κ1) is 16.5. The molecule has 0 atom stereocenters. The number of benzene rings is 1. The van der Waals surface area contributed by atoms with Crippen LogP contribution in [-0.4, -0.2) is 6.04 Å². The van der Waals surface area contributed by atoms with Gasteiger partial charge < -0.3 is 14.5 Å². The molecular formula is C15H16Cl3NO2. The number of ether oxygens (including phenoxy) is 1. The topological polar surface area (TPSA) is 34.4 Å². The summed E-state index contributed by atoms with van der Waals surface area (Å²) in [4.78, 5) is 0. The van der Waals surface area contributed by atoms with Crippen molar-refractivity contribution in [1.29, 1.82) is 0 Å². The second kappa shape index (κ2) is 7.41. The summed E-state index contributed by atoms with van der Waals surface area (Å²) < 4.78 is 11.1. The molecule has 0 saturated heterocycles. The molecule has 114 valence electrons. The van der Waals surface area contributed by atoms with Gasteiger partial charge in [-0.15, -0.1) is 0 Å². The van der Waals surface area contributed by atoms with Crippen LogP contribution in [0, 0.1) is 0 Å². The Bertz CT molecular complexity index is 611. The highest BCUT2D eigenvalue weighted by atomic mass is 35.5. The SMILES string of the molecule is CC(C)NCc1coc(COc2cc(Cl)c(Cl)cc2Cl)c1. The van der Waals surface area contributed by atoms with Gasteiger partial charge in [-0.1, -0.05) is 48.7 Å². The Balaban J connectivity index is 1.96. The van der Waals surface area contributed by atoms with Crippen LogP contribution in [0.4, 0.5) is 0 Å². The second-order valence-electron chi connectivity index (χ2n) is 4.94. The fraction of sp³-hybridized carbons (Fsp3) is 0.333. The van der Waals surface area contributed by atoms with Gasteiger partial charge in [-0.3, -0.25) is 0 Å². The molecule has 0 unspecified atom stereocenters. The van der Waals surface area contributed by atoms with E-state index in [0.717, 1.165) is 17.9 Å². The minimum atomic E-state index is 0.277. The number of nitrogens with one attached hydrogen (secondary N) is 1. The molecule has 21 heavy (non-hydrogen) atoms. The Morgan fingerprint density at radius 1 is 1.10 bits per heavy atom. The Morgan fingerprint density at radius 2 is 1.81 bits per heavy atom. The second-order valence-corrected chi connectivity index (χ2v) is 6.16. The Morgan fingerprint density at radius 3 is 2.52 bits per heavy atom. The summed E-state index contributed by atoms with van der Waals surface area (Å²) >= 11 is 17.9. The standard InChI is InChI=1S/C15H16Cl3NO2/c1-9(2)19-6-10-3-11(20-7-10)8-21-15-5-13(17)12(16)4-14(15)18/h3-5,7,9,19H,6,8H2,1-2H3. The Hall–Kier alpha value is -0.870. The van der Waals surface area contributed by atoms with Crippen molar-refractivity contribution in [2.24, 2.45) is 0 Å². The van der Waals surface area contributed by atoms with Crippen LogP contribution >= 0.6 is 34.8 Å². The molecule has 0 saturated carbocycles. The van der Waals surface area contributed by atoms with Crippen LogP contribution in [0.3, 0.4) is 0 Å². The fourth-order valence-electron chi connectivity index (χ4n) is 1.68. The van der Waals surface area contributed by atoms with E-state index in [0.29, 0.717) is 26.9 Å². The van der Waals surface area contributed by atoms with Crippen molar-refractivity contribution in [2.75, 3.05) is 0 Å². The Labute approximate surface area is 139 Å². The summed E-state index contributed by atoms with van der Waals surface area (Å²) in [7, 11) is 0. The first-order valence-electron chi connectivity index (χ1n) is 6.52. The van der Waals surface area contributed by atoms with Gasteiger partial charge in [0.1, 0.15) is 18.1 Å². The van der Waals surface area contributed by atoms with Crippen molar-refractivity contribution in [1.82, 2.24) is 5.32 Å². The van der Waals surface area contributed by atoms with E-state index in [4.69, 9.17) is 44.0 Å². The zero-order chi connectivity index (χ0) is 15.4. The number of hydrogen-bond acceptors (Lipinski definition) is 3. The first-order valence-corrected chi connectivity index (χ1v) is 7.66. The third kappa shape index (κ3) is 4.82. The molecule has 0 aliphatic carbocycles. The van der Waals surface area contributed by atoms with E-state index in [1.54, 1.807) is 18.4 Å². The third-order valence-corrected chi connectivity index (χ3v) is 3.78. The summed E-state index contributed by atoms with van der Waals surface area (Å²) in [5.41, 5.74) is 1.07. The molecular weight excluding hydrogens is 333 g/mol. The van der Waals surface area contributed by atoms with Gasteiger partial charge in [-0.05, 0) is 12.1 Å². The molecule has 1 heterocycles. The normalized spacial score (nSPS) is 11.1. The fourth-order valence-corrected chi connectivity index (χ4v) is 2.27. The quantitative estimate of drug-likeness (QED) is 0.718. The zero-order valence-electron chi connectivity index (χ0n) is 11.8. The third-order valence-electron chi connectivity index (χ3n) is 2.77. The highest BCUT2D eigenvalue weighted by Gasteiger charge is 2.09. The smallest absolute Gasteiger partial charge is 0.146 e. The molecule has 0 spiro atoms. The van der Waals surface area contributed by atoms with Crippen molar-refractivity contribution >= 4 is 34.8 Å². The maximum atomic E-state index is 6.05. The average molecular weight is 349 g/mol. The van der Waals surface area contributed by atoms with E-state index >= 15 is 0 Å². The molecule has 0 radical (unpaired) electrons. The first-order chi connectivity index (χ1) is 9.95. The van der Waals surface area contributed by atoms with Gasteiger partial charge in [-0.25, -0.2) is 0 Å². The minimum absolute atomic E-state index is 0.277. The predicted octanol–water partition coefficient (Wildman–Crippen LogP) is 5.32. The highest BCUT2D eigenvalue weighted by molar-refractivity contribution is 6.43. The Kier molecular flexibility index (Phi) is 5.82. The van der Waals surface area contributed by atoms with Crippen LogP contribution < -0.4 is 10.1 Å². The highest BCUT2D eigenvalue weighted by Crippen LogP contribution is 2.34. The van der Waals surface area contributed by atoms with Gasteiger partial charge in [0.05, 0.1) is 21.3 Å². The van der Waals surface area contributed by atoms with Gasteiger partial charge in [-0.2, -0.15) is 0 Å². The summed E-state index contributed by atoms with van der Waals surface area (Å²) in [6.07, 6.45) is 1.71. The molecule has 1 N–H and O–H groups in total. The predicted molar refractivity (Wildman–Crippen MR) is 86.5 cm³/mol. The van der Waals surface area contributed by atoms with Crippen LogP contribution in [-0.2, 0) is 13.2 Å². The largest absolute Gasteiger partial charge is 0.484 e. The van der Waals surface area contributed by atoms with E-state index in [-0.39, 0.29) is 6.61 Å². The monoisotopic (exact) mass is 347 g/mol. The molecule has 0 bridgehead atoms. The van der Waals surface area contributed by atoms with Crippen LogP contribution in [0.25, 0.3) is 0 Å². The summed E-state index contributed by atoms with van der Waals surface area (Å²) in [6.45, 7) is 5.22. The van der Waals surface area contributed by atoms with Gasteiger partial charge in [0, 0.05) is 24.2 Å². The summed E-state index contributed by atoms with van der Waals surface area (Å²) in [5, 5.41) is 4.53. The lowest BCUT2D eigenvalue weighted by atomic mass is 10.3. The molecule has 2 rings (SSSR count). The van der Waals surface area contributed by atoms with Gasteiger partial charge >= 0.3 is 0 Å². The molecule has 2 aromatic rings.